The molecule has 2 heteroatoms. The molecule has 0 amide bonds. The Morgan fingerprint density at radius 1 is 1.24 bits per heavy atom. The zero-order valence-corrected chi connectivity index (χ0v) is 10.7. The molecule has 0 aromatic heterocycles. The molecule has 1 aromatic carbocycles. The molecule has 2 nitrogen and oxygen atoms in total. The maximum atomic E-state index is 9.70. The van der Waals surface area contributed by atoms with Crippen LogP contribution in [0.4, 0.5) is 0 Å². The second kappa shape index (κ2) is 6.18. The molecule has 1 N–H and O–H groups in total. The van der Waals surface area contributed by atoms with Gasteiger partial charge in [0, 0.05) is 6.04 Å². The normalized spacial score (nSPS) is 24.2. The molecule has 2 rings (SSSR count). The Hall–Kier alpha value is -0.860. The third-order valence-electron chi connectivity index (χ3n) is 3.86. The Morgan fingerprint density at radius 2 is 2.00 bits per heavy atom. The minimum atomic E-state index is 0.171. The van der Waals surface area contributed by atoms with E-state index in [9.17, 15) is 5.11 Å². The van der Waals surface area contributed by atoms with Crippen LogP contribution in [-0.2, 0) is 0 Å². The largest absolute Gasteiger partial charge is 0.394 e. The summed E-state index contributed by atoms with van der Waals surface area (Å²) in [6.07, 6.45) is 5.16. The van der Waals surface area contributed by atoms with Gasteiger partial charge in [0.05, 0.1) is 12.6 Å². The van der Waals surface area contributed by atoms with Crippen LogP contribution in [0.2, 0.25) is 0 Å². The van der Waals surface area contributed by atoms with E-state index in [-0.39, 0.29) is 12.6 Å². The molecule has 1 heterocycles. The highest BCUT2D eigenvalue weighted by Gasteiger charge is 2.25. The summed E-state index contributed by atoms with van der Waals surface area (Å²) < 4.78 is 0. The Labute approximate surface area is 104 Å². The molecule has 1 aliphatic rings. The van der Waals surface area contributed by atoms with Crippen molar-refractivity contribution >= 4 is 0 Å². The predicted octanol–water partition coefficient (Wildman–Crippen LogP) is 2.98. The van der Waals surface area contributed by atoms with Gasteiger partial charge in [-0.2, -0.15) is 0 Å². The molecule has 1 fully saturated rings. The number of aliphatic hydroxyl groups excluding tert-OH is 1. The summed E-state index contributed by atoms with van der Waals surface area (Å²) in [6.45, 7) is 3.62. The van der Waals surface area contributed by atoms with Crippen LogP contribution in [0.25, 0.3) is 0 Å². The van der Waals surface area contributed by atoms with Crippen LogP contribution < -0.4 is 0 Å². The van der Waals surface area contributed by atoms with Crippen LogP contribution in [0.3, 0.4) is 0 Å². The Kier molecular flexibility index (Phi) is 4.57. The molecular formula is C15H23NO. The first-order valence-electron chi connectivity index (χ1n) is 6.74. The molecule has 1 aromatic rings. The molecule has 0 unspecified atom stereocenters. The molecule has 1 aliphatic heterocycles. The fraction of sp³-hybridized carbons (Fsp3) is 0.600. The summed E-state index contributed by atoms with van der Waals surface area (Å²) >= 11 is 0. The molecule has 0 saturated carbocycles. The second-order valence-corrected chi connectivity index (χ2v) is 5.05. The van der Waals surface area contributed by atoms with Crippen LogP contribution >= 0.6 is 0 Å². The summed E-state index contributed by atoms with van der Waals surface area (Å²) in [6, 6.07) is 11.1. The number of hydrogen-bond acceptors (Lipinski definition) is 2. The van der Waals surface area contributed by atoms with E-state index in [1.165, 1.54) is 31.2 Å². The van der Waals surface area contributed by atoms with Gasteiger partial charge in [-0.15, -0.1) is 0 Å². The first-order chi connectivity index (χ1) is 8.33. The molecule has 0 spiro atoms. The Bertz CT molecular complexity index is 325. The maximum absolute atomic E-state index is 9.70. The van der Waals surface area contributed by atoms with Crippen LogP contribution in [-0.4, -0.2) is 29.2 Å². The van der Waals surface area contributed by atoms with E-state index >= 15 is 0 Å². The number of likely N-dealkylation sites (tertiary alicyclic amines) is 1. The lowest BCUT2D eigenvalue weighted by Crippen LogP contribution is -2.38. The van der Waals surface area contributed by atoms with Crippen LogP contribution in [0.5, 0.6) is 0 Å². The van der Waals surface area contributed by atoms with Gasteiger partial charge in [0.15, 0.2) is 0 Å². The standard InChI is InChI=1S/C15H23NO/c1-13-8-4-3-7-11-16(13)15(12-17)14-9-5-2-6-10-14/h2,5-6,9-10,13,15,17H,3-4,7-8,11-12H2,1H3/t13-,15+/m1/s1. The highest BCUT2D eigenvalue weighted by Crippen LogP contribution is 2.27. The van der Waals surface area contributed by atoms with Gasteiger partial charge in [0.2, 0.25) is 0 Å². The average Bonchev–Trinajstić information content (AvgIpc) is 2.58. The average molecular weight is 233 g/mol. The van der Waals surface area contributed by atoms with Crippen molar-refractivity contribution in [1.82, 2.24) is 4.90 Å². The van der Waals surface area contributed by atoms with Crippen molar-refractivity contribution in [1.29, 1.82) is 0 Å². The van der Waals surface area contributed by atoms with Gasteiger partial charge in [-0.05, 0) is 31.9 Å². The lowest BCUT2D eigenvalue weighted by Gasteiger charge is -2.34. The van der Waals surface area contributed by atoms with Gasteiger partial charge in [-0.25, -0.2) is 0 Å². The monoisotopic (exact) mass is 233 g/mol. The maximum Gasteiger partial charge on any atom is 0.0628 e. The van der Waals surface area contributed by atoms with Gasteiger partial charge in [-0.1, -0.05) is 43.2 Å². The van der Waals surface area contributed by atoms with Crippen molar-refractivity contribution < 1.29 is 5.11 Å². The predicted molar refractivity (Wildman–Crippen MR) is 70.9 cm³/mol. The first kappa shape index (κ1) is 12.6. The van der Waals surface area contributed by atoms with Crippen molar-refractivity contribution in [3.8, 4) is 0 Å². The third kappa shape index (κ3) is 3.08. The van der Waals surface area contributed by atoms with Crippen LogP contribution in [0, 0.1) is 0 Å². The SMILES string of the molecule is C[C@@H]1CCCCCN1[C@@H](CO)c1ccccc1. The summed E-state index contributed by atoms with van der Waals surface area (Å²) in [5.41, 5.74) is 1.24. The summed E-state index contributed by atoms with van der Waals surface area (Å²) in [5, 5.41) is 9.70. The van der Waals surface area contributed by atoms with Gasteiger partial charge in [-0.3, -0.25) is 4.90 Å². The fourth-order valence-corrected chi connectivity index (χ4v) is 2.84. The van der Waals surface area contributed by atoms with Crippen molar-refractivity contribution in [3.05, 3.63) is 35.9 Å². The summed E-state index contributed by atoms with van der Waals surface area (Å²) in [4.78, 5) is 2.47. The van der Waals surface area contributed by atoms with Crippen molar-refractivity contribution in [2.75, 3.05) is 13.2 Å². The number of nitrogens with zero attached hydrogens (tertiary/aromatic N) is 1. The van der Waals surface area contributed by atoms with Crippen molar-refractivity contribution in [3.63, 3.8) is 0 Å². The van der Waals surface area contributed by atoms with Crippen molar-refractivity contribution in [2.45, 2.75) is 44.7 Å². The molecule has 94 valence electrons. The number of aliphatic hydroxyl groups is 1. The van der Waals surface area contributed by atoms with E-state index in [4.69, 9.17) is 0 Å². The molecule has 17 heavy (non-hydrogen) atoms. The fourth-order valence-electron chi connectivity index (χ4n) is 2.84. The molecule has 0 aliphatic carbocycles. The van der Waals surface area contributed by atoms with E-state index in [2.05, 4.69) is 36.1 Å². The molecule has 2 atom stereocenters. The molecule has 1 saturated heterocycles. The lowest BCUT2D eigenvalue weighted by molar-refractivity contribution is 0.0914. The Morgan fingerprint density at radius 3 is 2.71 bits per heavy atom. The topological polar surface area (TPSA) is 23.5 Å². The van der Waals surface area contributed by atoms with Gasteiger partial charge >= 0.3 is 0 Å². The number of hydrogen-bond donors (Lipinski definition) is 1. The highest BCUT2D eigenvalue weighted by atomic mass is 16.3. The van der Waals surface area contributed by atoms with E-state index < -0.39 is 0 Å². The number of rotatable bonds is 3. The molecule has 0 bridgehead atoms. The zero-order valence-electron chi connectivity index (χ0n) is 10.7. The summed E-state index contributed by atoms with van der Waals surface area (Å²) in [5.74, 6) is 0. The van der Waals surface area contributed by atoms with E-state index in [1.807, 2.05) is 6.07 Å². The highest BCUT2D eigenvalue weighted by molar-refractivity contribution is 5.19. The number of benzene rings is 1. The van der Waals surface area contributed by atoms with Gasteiger partial charge < -0.3 is 5.11 Å². The zero-order chi connectivity index (χ0) is 12.1. The van der Waals surface area contributed by atoms with E-state index in [0.717, 1.165) is 6.54 Å². The first-order valence-corrected chi connectivity index (χ1v) is 6.74. The van der Waals surface area contributed by atoms with Gasteiger partial charge in [0.1, 0.15) is 0 Å². The smallest absolute Gasteiger partial charge is 0.0628 e. The Balaban J connectivity index is 2.16. The second-order valence-electron chi connectivity index (χ2n) is 5.05. The minimum absolute atomic E-state index is 0.171. The molecular weight excluding hydrogens is 210 g/mol. The van der Waals surface area contributed by atoms with E-state index in [0.29, 0.717) is 6.04 Å². The van der Waals surface area contributed by atoms with E-state index in [1.54, 1.807) is 0 Å². The lowest BCUT2D eigenvalue weighted by atomic mass is 10.0. The van der Waals surface area contributed by atoms with Gasteiger partial charge in [0.25, 0.3) is 0 Å². The van der Waals surface area contributed by atoms with Crippen LogP contribution in [0.1, 0.15) is 44.2 Å². The van der Waals surface area contributed by atoms with Crippen LogP contribution in [0.15, 0.2) is 30.3 Å². The minimum Gasteiger partial charge on any atom is -0.394 e. The quantitative estimate of drug-likeness (QED) is 0.867. The molecule has 0 radical (unpaired) electrons. The summed E-state index contributed by atoms with van der Waals surface area (Å²) in [7, 11) is 0. The van der Waals surface area contributed by atoms with Crippen molar-refractivity contribution in [2.24, 2.45) is 0 Å². The third-order valence-corrected chi connectivity index (χ3v) is 3.86.